The molecule has 2 unspecified atom stereocenters. The fourth-order valence-corrected chi connectivity index (χ4v) is 2.69. The van der Waals surface area contributed by atoms with E-state index in [4.69, 9.17) is 5.11 Å². The highest BCUT2D eigenvalue weighted by molar-refractivity contribution is 7.92. The molecule has 2 N–H and O–H groups in total. The van der Waals surface area contributed by atoms with E-state index in [1.807, 2.05) is 0 Å². The van der Waals surface area contributed by atoms with Gasteiger partial charge >= 0.3 is 0 Å². The van der Waals surface area contributed by atoms with Gasteiger partial charge in [0.05, 0.1) is 12.7 Å². The number of benzene rings is 1. The van der Waals surface area contributed by atoms with E-state index in [1.165, 1.54) is 6.92 Å². The van der Waals surface area contributed by atoms with Crippen molar-refractivity contribution in [3.63, 3.8) is 0 Å². The Bertz CT molecular complexity index is 413. The van der Waals surface area contributed by atoms with Gasteiger partial charge in [-0.1, -0.05) is 37.3 Å². The lowest BCUT2D eigenvalue weighted by Crippen LogP contribution is -2.33. The highest BCUT2D eigenvalue weighted by Crippen LogP contribution is 2.22. The standard InChI is InChI=1S/C11H16O4S/c1-2-16(14,15)10(8-12)11(13)9-6-4-3-5-7-9/h3-7,10-13H,2,8H2,1H3. The molecule has 4 nitrogen and oxygen atoms in total. The molecule has 90 valence electrons. The molecule has 0 saturated heterocycles. The lowest BCUT2D eigenvalue weighted by Gasteiger charge is -2.20. The molecule has 1 aromatic rings. The summed E-state index contributed by atoms with van der Waals surface area (Å²) < 4.78 is 23.3. The maximum atomic E-state index is 11.6. The van der Waals surface area contributed by atoms with Crippen molar-refractivity contribution >= 4 is 9.84 Å². The Balaban J connectivity index is 2.99. The summed E-state index contributed by atoms with van der Waals surface area (Å²) in [7, 11) is -3.46. The highest BCUT2D eigenvalue weighted by Gasteiger charge is 2.31. The van der Waals surface area contributed by atoms with Crippen molar-refractivity contribution in [1.82, 2.24) is 0 Å². The van der Waals surface area contributed by atoms with E-state index < -0.39 is 27.8 Å². The third-order valence-corrected chi connectivity index (χ3v) is 4.67. The molecule has 0 aliphatic carbocycles. The zero-order chi connectivity index (χ0) is 12.2. The Morgan fingerprint density at radius 3 is 2.25 bits per heavy atom. The summed E-state index contributed by atoms with van der Waals surface area (Å²) in [5.41, 5.74) is 0.499. The molecule has 0 spiro atoms. The molecule has 0 heterocycles. The Kier molecular flexibility index (Phi) is 4.46. The molecule has 1 rings (SSSR count). The highest BCUT2D eigenvalue weighted by atomic mass is 32.2. The Morgan fingerprint density at radius 2 is 1.81 bits per heavy atom. The van der Waals surface area contributed by atoms with Crippen LogP contribution >= 0.6 is 0 Å². The molecule has 0 aliphatic rings. The molecule has 16 heavy (non-hydrogen) atoms. The number of aliphatic hydroxyl groups excluding tert-OH is 2. The summed E-state index contributed by atoms with van der Waals surface area (Å²) in [4.78, 5) is 0. The molecule has 0 bridgehead atoms. The second kappa shape index (κ2) is 5.43. The van der Waals surface area contributed by atoms with Gasteiger partial charge in [0, 0.05) is 5.75 Å². The van der Waals surface area contributed by atoms with Gasteiger partial charge in [-0.2, -0.15) is 0 Å². The minimum absolute atomic E-state index is 0.0951. The van der Waals surface area contributed by atoms with Gasteiger partial charge in [0.1, 0.15) is 5.25 Å². The van der Waals surface area contributed by atoms with Crippen LogP contribution in [0.3, 0.4) is 0 Å². The first kappa shape index (κ1) is 13.2. The topological polar surface area (TPSA) is 74.6 Å². The summed E-state index contributed by atoms with van der Waals surface area (Å²) >= 11 is 0. The molecule has 1 aromatic carbocycles. The Labute approximate surface area is 95.5 Å². The van der Waals surface area contributed by atoms with Gasteiger partial charge in [-0.05, 0) is 5.56 Å². The maximum Gasteiger partial charge on any atom is 0.158 e. The fourth-order valence-electron chi connectivity index (χ4n) is 1.49. The van der Waals surface area contributed by atoms with Gasteiger partial charge in [-0.15, -0.1) is 0 Å². The summed E-state index contributed by atoms with van der Waals surface area (Å²) in [6.07, 6.45) is -1.18. The molecular weight excluding hydrogens is 228 g/mol. The van der Waals surface area contributed by atoms with E-state index in [0.717, 1.165) is 0 Å². The van der Waals surface area contributed by atoms with Crippen molar-refractivity contribution in [3.8, 4) is 0 Å². The molecule has 0 aliphatic heterocycles. The molecular formula is C11H16O4S. The summed E-state index contributed by atoms with van der Waals surface area (Å²) in [5.74, 6) is -0.0951. The fraction of sp³-hybridized carbons (Fsp3) is 0.455. The molecule has 0 radical (unpaired) electrons. The van der Waals surface area contributed by atoms with Crippen molar-refractivity contribution in [2.45, 2.75) is 18.3 Å². The third-order valence-electron chi connectivity index (χ3n) is 2.54. The average molecular weight is 244 g/mol. The van der Waals surface area contributed by atoms with Crippen LogP contribution in [-0.2, 0) is 9.84 Å². The minimum Gasteiger partial charge on any atom is -0.395 e. The smallest absolute Gasteiger partial charge is 0.158 e. The van der Waals surface area contributed by atoms with Gasteiger partial charge in [0.2, 0.25) is 0 Å². The van der Waals surface area contributed by atoms with Crippen LogP contribution in [0.4, 0.5) is 0 Å². The molecule has 5 heteroatoms. The van der Waals surface area contributed by atoms with Crippen LogP contribution in [0.15, 0.2) is 30.3 Å². The SMILES string of the molecule is CCS(=O)(=O)C(CO)C(O)c1ccccc1. The minimum atomic E-state index is -3.46. The molecule has 0 saturated carbocycles. The van der Waals surface area contributed by atoms with Crippen molar-refractivity contribution in [2.24, 2.45) is 0 Å². The van der Waals surface area contributed by atoms with E-state index in [-0.39, 0.29) is 5.75 Å². The van der Waals surface area contributed by atoms with Crippen LogP contribution in [0.25, 0.3) is 0 Å². The zero-order valence-electron chi connectivity index (χ0n) is 9.07. The zero-order valence-corrected chi connectivity index (χ0v) is 9.89. The van der Waals surface area contributed by atoms with E-state index in [1.54, 1.807) is 30.3 Å². The summed E-state index contributed by atoms with van der Waals surface area (Å²) in [5, 5.41) is 17.8. The van der Waals surface area contributed by atoms with Crippen molar-refractivity contribution in [1.29, 1.82) is 0 Å². The van der Waals surface area contributed by atoms with Gasteiger partial charge < -0.3 is 10.2 Å². The van der Waals surface area contributed by atoms with Crippen LogP contribution in [0.1, 0.15) is 18.6 Å². The van der Waals surface area contributed by atoms with Gasteiger partial charge in [-0.3, -0.25) is 0 Å². The second-order valence-corrected chi connectivity index (χ2v) is 6.04. The maximum absolute atomic E-state index is 11.6. The van der Waals surface area contributed by atoms with Gasteiger partial charge in [0.25, 0.3) is 0 Å². The number of hydrogen-bond acceptors (Lipinski definition) is 4. The van der Waals surface area contributed by atoms with Gasteiger partial charge in [-0.25, -0.2) is 8.42 Å². The number of hydrogen-bond donors (Lipinski definition) is 2. The first-order chi connectivity index (χ1) is 7.53. The molecule has 0 amide bonds. The lowest BCUT2D eigenvalue weighted by molar-refractivity contribution is 0.138. The number of rotatable bonds is 5. The normalized spacial score (nSPS) is 15.7. The molecule has 0 fully saturated rings. The largest absolute Gasteiger partial charge is 0.395 e. The monoisotopic (exact) mass is 244 g/mol. The predicted octanol–water partition coefficient (Wildman–Crippen LogP) is 0.516. The summed E-state index contributed by atoms with van der Waals surface area (Å²) in [6, 6.07) is 8.48. The number of aliphatic hydroxyl groups is 2. The van der Waals surface area contributed by atoms with Crippen LogP contribution in [0, 0.1) is 0 Å². The van der Waals surface area contributed by atoms with Crippen LogP contribution in [-0.4, -0.2) is 36.2 Å². The second-order valence-electron chi connectivity index (χ2n) is 3.53. The van der Waals surface area contributed by atoms with Crippen LogP contribution in [0.5, 0.6) is 0 Å². The predicted molar refractivity (Wildman–Crippen MR) is 61.7 cm³/mol. The van der Waals surface area contributed by atoms with E-state index in [2.05, 4.69) is 0 Å². The molecule has 0 aromatic heterocycles. The number of sulfone groups is 1. The third kappa shape index (κ3) is 2.81. The quantitative estimate of drug-likeness (QED) is 0.791. The van der Waals surface area contributed by atoms with Crippen LogP contribution < -0.4 is 0 Å². The lowest BCUT2D eigenvalue weighted by atomic mass is 10.1. The van der Waals surface area contributed by atoms with E-state index >= 15 is 0 Å². The van der Waals surface area contributed by atoms with Crippen molar-refractivity contribution in [2.75, 3.05) is 12.4 Å². The van der Waals surface area contributed by atoms with Crippen molar-refractivity contribution in [3.05, 3.63) is 35.9 Å². The molecule has 2 atom stereocenters. The van der Waals surface area contributed by atoms with Gasteiger partial charge in [0.15, 0.2) is 9.84 Å². The average Bonchev–Trinajstić information content (AvgIpc) is 2.30. The van der Waals surface area contributed by atoms with Crippen LogP contribution in [0.2, 0.25) is 0 Å². The first-order valence-corrected chi connectivity index (χ1v) is 6.80. The Hall–Kier alpha value is -0.910. The van der Waals surface area contributed by atoms with E-state index in [9.17, 15) is 13.5 Å². The van der Waals surface area contributed by atoms with Crippen molar-refractivity contribution < 1.29 is 18.6 Å². The first-order valence-electron chi connectivity index (χ1n) is 5.08. The Morgan fingerprint density at radius 1 is 1.25 bits per heavy atom. The summed E-state index contributed by atoms with van der Waals surface area (Å²) in [6.45, 7) is 0.919. The van der Waals surface area contributed by atoms with E-state index in [0.29, 0.717) is 5.56 Å².